The summed E-state index contributed by atoms with van der Waals surface area (Å²) in [6.07, 6.45) is 6.62. The average molecular weight is 471 g/mol. The standard InChI is InChI=1S/C26H38N4O4/c1-3-5-13-26(14-6-4-2)24(32)30(25(27)28-26)16-12-19-11-15-29(17-19)23(31)22-18-33-20-9-7-8-10-21(20)34-22/h7-10,19,22H,3-6,11-18H2,1-2H3,(H2,27,28). The number of amides is 2. The van der Waals surface area contributed by atoms with Crippen LogP contribution in [0.15, 0.2) is 29.3 Å². The van der Waals surface area contributed by atoms with Crippen LogP contribution in [0.25, 0.3) is 0 Å². The monoisotopic (exact) mass is 470 g/mol. The first-order valence-corrected chi connectivity index (χ1v) is 12.8. The molecule has 8 heteroatoms. The Morgan fingerprint density at radius 3 is 2.59 bits per heavy atom. The SMILES string of the molecule is CCCCC1(CCCC)N=C(N)N(CCC2CCN(C(=O)C3COc4ccccc4O3)C2)C1=O. The van der Waals surface area contributed by atoms with Gasteiger partial charge in [0.15, 0.2) is 17.5 Å². The maximum Gasteiger partial charge on any atom is 0.267 e. The third kappa shape index (κ3) is 5.00. The van der Waals surface area contributed by atoms with Crippen molar-refractivity contribution in [2.45, 2.75) is 76.9 Å². The maximum atomic E-state index is 13.4. The number of unbranched alkanes of at least 4 members (excludes halogenated alkanes) is 2. The molecule has 0 aromatic heterocycles. The zero-order valence-electron chi connectivity index (χ0n) is 20.5. The molecular weight excluding hydrogens is 432 g/mol. The molecule has 0 saturated carbocycles. The number of hydrogen-bond acceptors (Lipinski definition) is 6. The van der Waals surface area contributed by atoms with E-state index in [1.165, 1.54) is 0 Å². The highest BCUT2D eigenvalue weighted by Gasteiger charge is 2.46. The van der Waals surface area contributed by atoms with Gasteiger partial charge < -0.3 is 20.1 Å². The molecule has 2 unspecified atom stereocenters. The number of carbonyl (C=O) groups excluding carboxylic acids is 2. The van der Waals surface area contributed by atoms with Gasteiger partial charge in [-0.1, -0.05) is 51.7 Å². The maximum absolute atomic E-state index is 13.4. The second-order valence-electron chi connectivity index (χ2n) is 9.76. The molecule has 8 nitrogen and oxygen atoms in total. The van der Waals surface area contributed by atoms with Gasteiger partial charge in [0.05, 0.1) is 0 Å². The van der Waals surface area contributed by atoms with Gasteiger partial charge in [0, 0.05) is 19.6 Å². The van der Waals surface area contributed by atoms with Gasteiger partial charge in [-0.05, 0) is 43.7 Å². The lowest BCUT2D eigenvalue weighted by molar-refractivity contribution is -0.140. The van der Waals surface area contributed by atoms with Crippen LogP contribution in [-0.2, 0) is 9.59 Å². The zero-order chi connectivity index (χ0) is 24.1. The van der Waals surface area contributed by atoms with Gasteiger partial charge >= 0.3 is 0 Å². The summed E-state index contributed by atoms with van der Waals surface area (Å²) in [6, 6.07) is 7.42. The van der Waals surface area contributed by atoms with Crippen molar-refractivity contribution in [1.29, 1.82) is 0 Å². The molecule has 2 amide bonds. The Bertz CT molecular complexity index is 910. The van der Waals surface area contributed by atoms with Crippen LogP contribution in [0.4, 0.5) is 0 Å². The molecular formula is C26H38N4O4. The van der Waals surface area contributed by atoms with Crippen LogP contribution in [0.1, 0.15) is 65.2 Å². The fourth-order valence-corrected chi connectivity index (χ4v) is 5.21. The minimum absolute atomic E-state index is 0.0338. The summed E-state index contributed by atoms with van der Waals surface area (Å²) in [5.74, 6) is 1.99. The van der Waals surface area contributed by atoms with E-state index in [0.29, 0.717) is 43.0 Å². The Morgan fingerprint density at radius 1 is 1.18 bits per heavy atom. The number of nitrogens with zero attached hydrogens (tertiary/aromatic N) is 3. The molecule has 1 fully saturated rings. The fraction of sp³-hybridized carbons (Fsp3) is 0.654. The lowest BCUT2D eigenvalue weighted by Gasteiger charge is -2.29. The van der Waals surface area contributed by atoms with Crippen LogP contribution in [0.2, 0.25) is 0 Å². The summed E-state index contributed by atoms with van der Waals surface area (Å²) in [7, 11) is 0. The summed E-state index contributed by atoms with van der Waals surface area (Å²) in [6.45, 7) is 6.40. The number of benzene rings is 1. The number of likely N-dealkylation sites (tertiary alicyclic amines) is 1. The molecule has 0 spiro atoms. The molecule has 186 valence electrons. The van der Waals surface area contributed by atoms with Crippen LogP contribution in [-0.4, -0.2) is 65.5 Å². The van der Waals surface area contributed by atoms with Crippen LogP contribution >= 0.6 is 0 Å². The molecule has 34 heavy (non-hydrogen) atoms. The molecule has 1 saturated heterocycles. The van der Waals surface area contributed by atoms with Crippen LogP contribution in [0.3, 0.4) is 0 Å². The summed E-state index contributed by atoms with van der Waals surface area (Å²) >= 11 is 0. The highest BCUT2D eigenvalue weighted by Crippen LogP contribution is 2.34. The molecule has 2 N–H and O–H groups in total. The van der Waals surface area contributed by atoms with Crippen molar-refractivity contribution >= 4 is 17.8 Å². The van der Waals surface area contributed by atoms with Crippen LogP contribution in [0.5, 0.6) is 11.5 Å². The minimum Gasteiger partial charge on any atom is -0.485 e. The molecule has 2 atom stereocenters. The Balaban J connectivity index is 1.30. The Labute approximate surface area is 202 Å². The van der Waals surface area contributed by atoms with Crippen LogP contribution < -0.4 is 15.2 Å². The van der Waals surface area contributed by atoms with Gasteiger partial charge in [0.25, 0.3) is 11.8 Å². The molecule has 0 bridgehead atoms. The first-order chi connectivity index (χ1) is 16.5. The number of hydrogen-bond donors (Lipinski definition) is 1. The number of para-hydroxylation sites is 2. The van der Waals surface area contributed by atoms with Gasteiger partial charge in [-0.15, -0.1) is 0 Å². The van der Waals surface area contributed by atoms with E-state index < -0.39 is 11.6 Å². The molecule has 3 heterocycles. The molecule has 4 rings (SSSR count). The topological polar surface area (TPSA) is 97.5 Å². The van der Waals surface area contributed by atoms with Gasteiger partial charge in [-0.3, -0.25) is 14.5 Å². The van der Waals surface area contributed by atoms with E-state index in [-0.39, 0.29) is 18.4 Å². The van der Waals surface area contributed by atoms with Crippen molar-refractivity contribution in [1.82, 2.24) is 9.80 Å². The van der Waals surface area contributed by atoms with Crippen molar-refractivity contribution in [3.63, 3.8) is 0 Å². The third-order valence-electron chi connectivity index (χ3n) is 7.28. The Morgan fingerprint density at radius 2 is 1.88 bits per heavy atom. The first kappa shape index (κ1) is 24.4. The number of ether oxygens (including phenoxy) is 2. The van der Waals surface area contributed by atoms with E-state index in [4.69, 9.17) is 20.2 Å². The van der Waals surface area contributed by atoms with E-state index in [2.05, 4.69) is 13.8 Å². The van der Waals surface area contributed by atoms with E-state index in [9.17, 15) is 9.59 Å². The van der Waals surface area contributed by atoms with E-state index in [1.54, 1.807) is 4.90 Å². The van der Waals surface area contributed by atoms with Crippen molar-refractivity contribution in [3.8, 4) is 11.5 Å². The Hall–Kier alpha value is -2.77. The number of nitrogens with two attached hydrogens (primary N) is 1. The van der Waals surface area contributed by atoms with Crippen molar-refractivity contribution in [2.24, 2.45) is 16.6 Å². The number of rotatable bonds is 10. The largest absolute Gasteiger partial charge is 0.485 e. The van der Waals surface area contributed by atoms with E-state index in [1.807, 2.05) is 29.2 Å². The van der Waals surface area contributed by atoms with E-state index >= 15 is 0 Å². The lowest BCUT2D eigenvalue weighted by atomic mass is 9.87. The second kappa shape index (κ2) is 10.7. The van der Waals surface area contributed by atoms with Gasteiger partial charge in [0.1, 0.15) is 12.1 Å². The van der Waals surface area contributed by atoms with Crippen LogP contribution in [0, 0.1) is 5.92 Å². The molecule has 1 aromatic rings. The number of fused-ring (bicyclic) bond motifs is 1. The summed E-state index contributed by atoms with van der Waals surface area (Å²) < 4.78 is 11.6. The molecule has 0 aliphatic carbocycles. The van der Waals surface area contributed by atoms with Gasteiger partial charge in [-0.2, -0.15) is 0 Å². The highest BCUT2D eigenvalue weighted by atomic mass is 16.6. The quantitative estimate of drug-likeness (QED) is 0.566. The number of carbonyl (C=O) groups is 2. The zero-order valence-corrected chi connectivity index (χ0v) is 20.5. The van der Waals surface area contributed by atoms with Gasteiger partial charge in [-0.25, -0.2) is 4.99 Å². The smallest absolute Gasteiger partial charge is 0.267 e. The number of aliphatic imine (C=N–C) groups is 1. The van der Waals surface area contributed by atoms with Crippen molar-refractivity contribution in [2.75, 3.05) is 26.2 Å². The lowest BCUT2D eigenvalue weighted by Crippen LogP contribution is -2.46. The average Bonchev–Trinajstić information content (AvgIpc) is 3.42. The Kier molecular flexibility index (Phi) is 7.63. The van der Waals surface area contributed by atoms with E-state index in [0.717, 1.165) is 51.4 Å². The second-order valence-corrected chi connectivity index (χ2v) is 9.76. The minimum atomic E-state index is -0.678. The summed E-state index contributed by atoms with van der Waals surface area (Å²) in [5, 5.41) is 0. The van der Waals surface area contributed by atoms with Crippen molar-refractivity contribution < 1.29 is 19.1 Å². The predicted octanol–water partition coefficient (Wildman–Crippen LogP) is 3.34. The molecule has 0 radical (unpaired) electrons. The molecule has 3 aliphatic heterocycles. The number of guanidine groups is 1. The molecule has 3 aliphatic rings. The van der Waals surface area contributed by atoms with Crippen molar-refractivity contribution in [3.05, 3.63) is 24.3 Å². The normalized spacial score (nSPS) is 23.4. The predicted molar refractivity (Wildman–Crippen MR) is 131 cm³/mol. The molecule has 1 aromatic carbocycles. The summed E-state index contributed by atoms with van der Waals surface area (Å²) in [4.78, 5) is 34.6. The third-order valence-corrected chi connectivity index (χ3v) is 7.28. The van der Waals surface area contributed by atoms with Gasteiger partial charge in [0.2, 0.25) is 6.10 Å². The first-order valence-electron chi connectivity index (χ1n) is 12.8. The summed E-state index contributed by atoms with van der Waals surface area (Å²) in [5.41, 5.74) is 5.57. The highest BCUT2D eigenvalue weighted by molar-refractivity contribution is 6.06. The fourth-order valence-electron chi connectivity index (χ4n) is 5.21.